The van der Waals surface area contributed by atoms with E-state index in [1.165, 1.54) is 44.5 Å². The van der Waals surface area contributed by atoms with Crippen LogP contribution in [0.25, 0.3) is 0 Å². The second-order valence-corrected chi connectivity index (χ2v) is 7.62. The number of rotatable bonds is 7. The van der Waals surface area contributed by atoms with Crippen LogP contribution in [-0.4, -0.2) is 37.6 Å². The van der Waals surface area contributed by atoms with Crippen LogP contribution in [0.5, 0.6) is 11.5 Å². The fraction of sp³-hybridized carbons (Fsp3) is 0.111. The Hall–Kier alpha value is -3.44. The molecule has 3 aromatic rings. The van der Waals surface area contributed by atoms with Crippen molar-refractivity contribution < 1.29 is 22.7 Å². The van der Waals surface area contributed by atoms with Crippen LogP contribution in [0.15, 0.2) is 53.6 Å². The zero-order chi connectivity index (χ0) is 21.0. The standard InChI is InChI=1S/C18H18FN5O4S/c1-20-29(26,27)16-7-6-12(9-15(16)28-2)23-18-21-10-14(19)17(24-18)22-11-4-3-5-13(25)8-11/h3-10,20,25H,1-2H3,(H2,21,22,23,24). The van der Waals surface area contributed by atoms with Gasteiger partial charge in [-0.3, -0.25) is 0 Å². The molecule has 1 heterocycles. The van der Waals surface area contributed by atoms with E-state index in [4.69, 9.17) is 4.74 Å². The van der Waals surface area contributed by atoms with Gasteiger partial charge in [-0.1, -0.05) is 6.07 Å². The Bertz CT molecular complexity index is 1140. The molecule has 29 heavy (non-hydrogen) atoms. The van der Waals surface area contributed by atoms with Gasteiger partial charge < -0.3 is 20.5 Å². The van der Waals surface area contributed by atoms with E-state index >= 15 is 0 Å². The number of sulfonamides is 1. The van der Waals surface area contributed by atoms with E-state index in [0.29, 0.717) is 11.4 Å². The average Bonchev–Trinajstić information content (AvgIpc) is 2.70. The summed E-state index contributed by atoms with van der Waals surface area (Å²) in [5, 5.41) is 15.1. The van der Waals surface area contributed by atoms with Gasteiger partial charge in [0.25, 0.3) is 0 Å². The van der Waals surface area contributed by atoms with Crippen molar-refractivity contribution in [1.82, 2.24) is 14.7 Å². The number of anilines is 4. The van der Waals surface area contributed by atoms with Gasteiger partial charge in [-0.15, -0.1) is 0 Å². The smallest absolute Gasteiger partial charge is 0.243 e. The predicted octanol–water partition coefficient (Wildman–Crippen LogP) is 2.73. The largest absolute Gasteiger partial charge is 0.508 e. The van der Waals surface area contributed by atoms with Crippen molar-refractivity contribution in [1.29, 1.82) is 0 Å². The van der Waals surface area contributed by atoms with Gasteiger partial charge in [-0.2, -0.15) is 4.98 Å². The molecule has 152 valence electrons. The van der Waals surface area contributed by atoms with Crippen molar-refractivity contribution in [2.24, 2.45) is 0 Å². The van der Waals surface area contributed by atoms with Gasteiger partial charge in [-0.05, 0) is 31.3 Å². The quantitative estimate of drug-likeness (QED) is 0.461. The van der Waals surface area contributed by atoms with Crippen molar-refractivity contribution >= 4 is 33.2 Å². The Kier molecular flexibility index (Phi) is 5.80. The maximum atomic E-state index is 14.1. The van der Waals surface area contributed by atoms with Gasteiger partial charge in [0, 0.05) is 23.5 Å². The summed E-state index contributed by atoms with van der Waals surface area (Å²) in [4.78, 5) is 7.92. The molecule has 0 spiro atoms. The van der Waals surface area contributed by atoms with Crippen LogP contribution in [0, 0.1) is 5.82 Å². The van der Waals surface area contributed by atoms with Crippen LogP contribution in [0.2, 0.25) is 0 Å². The number of hydrogen-bond donors (Lipinski definition) is 4. The second kappa shape index (κ2) is 8.29. The zero-order valence-corrected chi connectivity index (χ0v) is 16.3. The number of nitrogens with one attached hydrogen (secondary N) is 3. The van der Waals surface area contributed by atoms with Crippen molar-refractivity contribution in [3.63, 3.8) is 0 Å². The van der Waals surface area contributed by atoms with Crippen molar-refractivity contribution in [2.75, 3.05) is 24.8 Å². The van der Waals surface area contributed by atoms with Gasteiger partial charge in [0.05, 0.1) is 13.3 Å². The number of hydrogen-bond acceptors (Lipinski definition) is 8. The topological polar surface area (TPSA) is 125 Å². The minimum atomic E-state index is -3.70. The lowest BCUT2D eigenvalue weighted by Crippen LogP contribution is -2.19. The maximum absolute atomic E-state index is 14.1. The minimum Gasteiger partial charge on any atom is -0.508 e. The Morgan fingerprint density at radius 3 is 2.55 bits per heavy atom. The fourth-order valence-electron chi connectivity index (χ4n) is 2.44. The van der Waals surface area contributed by atoms with Gasteiger partial charge in [-0.25, -0.2) is 22.5 Å². The number of phenols is 1. The normalized spacial score (nSPS) is 11.1. The lowest BCUT2D eigenvalue weighted by Gasteiger charge is -2.12. The van der Waals surface area contributed by atoms with Crippen LogP contribution in [-0.2, 0) is 10.0 Å². The SMILES string of the molecule is CNS(=O)(=O)c1ccc(Nc2ncc(F)c(Nc3cccc(O)c3)n2)cc1OC. The van der Waals surface area contributed by atoms with E-state index in [1.807, 2.05) is 0 Å². The van der Waals surface area contributed by atoms with E-state index < -0.39 is 15.8 Å². The summed E-state index contributed by atoms with van der Waals surface area (Å²) in [6, 6.07) is 10.5. The maximum Gasteiger partial charge on any atom is 0.243 e. The zero-order valence-electron chi connectivity index (χ0n) is 15.5. The third-order valence-corrected chi connectivity index (χ3v) is 5.28. The van der Waals surface area contributed by atoms with Crippen LogP contribution >= 0.6 is 0 Å². The number of aromatic hydroxyl groups is 1. The number of phenolic OH excluding ortho intramolecular Hbond substituents is 1. The number of nitrogens with zero attached hydrogens (tertiary/aromatic N) is 2. The summed E-state index contributed by atoms with van der Waals surface area (Å²) < 4.78 is 45.5. The summed E-state index contributed by atoms with van der Waals surface area (Å²) in [6.07, 6.45) is 0.984. The molecule has 0 saturated heterocycles. The summed E-state index contributed by atoms with van der Waals surface area (Å²) in [7, 11) is -1.05. The lowest BCUT2D eigenvalue weighted by molar-refractivity contribution is 0.402. The molecular formula is C18H18FN5O4S. The van der Waals surface area contributed by atoms with E-state index in [9.17, 15) is 17.9 Å². The van der Waals surface area contributed by atoms with Crippen molar-refractivity contribution in [3.8, 4) is 11.5 Å². The molecule has 0 amide bonds. The Balaban J connectivity index is 1.87. The highest BCUT2D eigenvalue weighted by atomic mass is 32.2. The second-order valence-electron chi connectivity index (χ2n) is 5.76. The monoisotopic (exact) mass is 419 g/mol. The number of aromatic nitrogens is 2. The van der Waals surface area contributed by atoms with Crippen LogP contribution < -0.4 is 20.1 Å². The molecule has 0 aliphatic carbocycles. The molecule has 0 aliphatic rings. The Morgan fingerprint density at radius 1 is 1.10 bits per heavy atom. The van der Waals surface area contributed by atoms with E-state index in [0.717, 1.165) is 6.20 Å². The third-order valence-electron chi connectivity index (χ3n) is 3.83. The third kappa shape index (κ3) is 4.70. The van der Waals surface area contributed by atoms with Gasteiger partial charge in [0.1, 0.15) is 16.4 Å². The lowest BCUT2D eigenvalue weighted by atomic mass is 10.3. The number of benzene rings is 2. The van der Waals surface area contributed by atoms with Crippen LogP contribution in [0.3, 0.4) is 0 Å². The molecule has 0 radical (unpaired) electrons. The van der Waals surface area contributed by atoms with Crippen molar-refractivity contribution in [2.45, 2.75) is 4.90 Å². The number of halogens is 1. The highest BCUT2D eigenvalue weighted by molar-refractivity contribution is 7.89. The molecule has 0 aliphatic heterocycles. The minimum absolute atomic E-state index is 0.0199. The number of ether oxygens (including phenoxy) is 1. The summed E-state index contributed by atoms with van der Waals surface area (Å²) >= 11 is 0. The molecule has 0 bridgehead atoms. The Labute approximate surface area is 166 Å². The molecule has 11 heteroatoms. The molecule has 0 atom stereocenters. The van der Waals surface area contributed by atoms with E-state index in [2.05, 4.69) is 25.3 Å². The molecule has 0 saturated carbocycles. The first-order chi connectivity index (χ1) is 13.8. The molecular weight excluding hydrogens is 401 g/mol. The van der Waals surface area contributed by atoms with Gasteiger partial charge in [0.15, 0.2) is 11.6 Å². The highest BCUT2D eigenvalue weighted by Gasteiger charge is 2.18. The summed E-state index contributed by atoms with van der Waals surface area (Å²) in [6.45, 7) is 0. The Morgan fingerprint density at radius 2 is 1.86 bits per heavy atom. The predicted molar refractivity (Wildman–Crippen MR) is 106 cm³/mol. The molecule has 9 nitrogen and oxygen atoms in total. The van der Waals surface area contributed by atoms with Crippen molar-refractivity contribution in [3.05, 3.63) is 54.5 Å². The fourth-order valence-corrected chi connectivity index (χ4v) is 3.32. The number of methoxy groups -OCH3 is 1. The molecule has 0 fully saturated rings. The molecule has 3 rings (SSSR count). The highest BCUT2D eigenvalue weighted by Crippen LogP contribution is 2.29. The summed E-state index contributed by atoms with van der Waals surface area (Å²) in [5.41, 5.74) is 0.878. The summed E-state index contributed by atoms with van der Waals surface area (Å²) in [5.74, 6) is -0.585. The first-order valence-corrected chi connectivity index (χ1v) is 9.78. The van der Waals surface area contributed by atoms with E-state index in [-0.39, 0.29) is 28.2 Å². The molecule has 0 unspecified atom stereocenters. The molecule has 2 aromatic carbocycles. The van der Waals surface area contributed by atoms with Crippen LogP contribution in [0.4, 0.5) is 27.5 Å². The first-order valence-electron chi connectivity index (χ1n) is 8.29. The molecule has 4 N–H and O–H groups in total. The molecule has 1 aromatic heterocycles. The van der Waals surface area contributed by atoms with Gasteiger partial charge >= 0.3 is 0 Å². The van der Waals surface area contributed by atoms with Gasteiger partial charge in [0.2, 0.25) is 16.0 Å². The average molecular weight is 419 g/mol. The van der Waals surface area contributed by atoms with Crippen LogP contribution in [0.1, 0.15) is 0 Å². The first kappa shape index (κ1) is 20.3. The van der Waals surface area contributed by atoms with E-state index in [1.54, 1.807) is 12.1 Å².